The van der Waals surface area contributed by atoms with E-state index in [1.165, 1.54) is 0 Å². The molecule has 0 unspecified atom stereocenters. The van der Waals surface area contributed by atoms with Crippen LogP contribution in [0.4, 0.5) is 0 Å². The molecule has 0 atom stereocenters. The minimum absolute atomic E-state index is 0.290. The Kier molecular flexibility index (Phi) is 3.39. The third-order valence-electron chi connectivity index (χ3n) is 1.80. The number of carbonyl (C=O) groups is 1. The summed E-state index contributed by atoms with van der Waals surface area (Å²) in [5, 5.41) is 10.4. The van der Waals surface area contributed by atoms with Crippen LogP contribution < -0.4 is 5.43 Å². The first-order valence-corrected chi connectivity index (χ1v) is 4.49. The van der Waals surface area contributed by atoms with E-state index in [0.29, 0.717) is 5.69 Å². The van der Waals surface area contributed by atoms with E-state index in [1.807, 2.05) is 20.8 Å². The van der Waals surface area contributed by atoms with Gasteiger partial charge < -0.3 is 0 Å². The number of nitrogens with one attached hydrogen (secondary N) is 2. The fourth-order valence-electron chi connectivity index (χ4n) is 0.817. The molecule has 5 nitrogen and oxygen atoms in total. The van der Waals surface area contributed by atoms with Gasteiger partial charge >= 0.3 is 0 Å². The van der Waals surface area contributed by atoms with Crippen molar-refractivity contribution in [2.75, 3.05) is 0 Å². The summed E-state index contributed by atoms with van der Waals surface area (Å²) in [5.41, 5.74) is 4.52. The first kappa shape index (κ1) is 10.4. The molecule has 76 valence electrons. The van der Waals surface area contributed by atoms with Crippen LogP contribution in [0.1, 0.15) is 36.5 Å². The van der Waals surface area contributed by atoms with Gasteiger partial charge in [-0.2, -0.15) is 10.2 Å². The van der Waals surface area contributed by atoms with E-state index >= 15 is 0 Å². The maximum absolute atomic E-state index is 11.4. The van der Waals surface area contributed by atoms with E-state index in [2.05, 4.69) is 20.7 Å². The summed E-state index contributed by atoms with van der Waals surface area (Å²) < 4.78 is 0. The maximum atomic E-state index is 11.4. The molecule has 0 spiro atoms. The number of aromatic nitrogens is 2. The Labute approximate surface area is 82.6 Å². The fraction of sp³-hybridized carbons (Fsp3) is 0.444. The Morgan fingerprint density at radius 1 is 1.71 bits per heavy atom. The van der Waals surface area contributed by atoms with Gasteiger partial charge in [0.1, 0.15) is 0 Å². The molecule has 0 saturated carbocycles. The third kappa shape index (κ3) is 2.69. The smallest absolute Gasteiger partial charge is 0.282 e. The van der Waals surface area contributed by atoms with Crippen molar-refractivity contribution in [2.24, 2.45) is 5.10 Å². The number of rotatable bonds is 3. The summed E-state index contributed by atoms with van der Waals surface area (Å²) in [6, 6.07) is 1.67. The number of nitrogens with zero attached hydrogens (tertiary/aromatic N) is 2. The zero-order chi connectivity index (χ0) is 10.6. The number of aryl methyl sites for hydroxylation is 1. The normalized spacial score (nSPS) is 11.5. The number of H-pyrrole nitrogens is 1. The zero-order valence-corrected chi connectivity index (χ0v) is 8.59. The molecule has 5 heteroatoms. The average Bonchev–Trinajstić information content (AvgIpc) is 2.60. The Bertz CT molecular complexity index is 353. The molecule has 0 fully saturated rings. The Morgan fingerprint density at radius 2 is 2.43 bits per heavy atom. The molecule has 2 N–H and O–H groups in total. The maximum Gasteiger partial charge on any atom is 0.291 e. The van der Waals surface area contributed by atoms with Crippen molar-refractivity contribution in [3.63, 3.8) is 0 Å². The zero-order valence-electron chi connectivity index (χ0n) is 8.59. The van der Waals surface area contributed by atoms with Crippen LogP contribution in [0.15, 0.2) is 11.2 Å². The van der Waals surface area contributed by atoms with E-state index in [9.17, 15) is 4.79 Å². The molecule has 14 heavy (non-hydrogen) atoms. The van der Waals surface area contributed by atoms with Crippen molar-refractivity contribution in [1.29, 1.82) is 0 Å². The molecule has 0 saturated heterocycles. The van der Waals surface area contributed by atoms with E-state index in [4.69, 9.17) is 0 Å². The highest BCUT2D eigenvalue weighted by Gasteiger charge is 2.07. The van der Waals surface area contributed by atoms with Crippen LogP contribution in [0.2, 0.25) is 0 Å². The number of aromatic amines is 1. The van der Waals surface area contributed by atoms with Crippen molar-refractivity contribution in [2.45, 2.75) is 27.2 Å². The molecule has 0 bridgehead atoms. The molecule has 1 aromatic heterocycles. The van der Waals surface area contributed by atoms with Crippen molar-refractivity contribution in [3.8, 4) is 0 Å². The highest BCUT2D eigenvalue weighted by atomic mass is 16.2. The fourth-order valence-corrected chi connectivity index (χ4v) is 0.817. The van der Waals surface area contributed by atoms with Crippen LogP contribution in [-0.2, 0) is 0 Å². The SMILES string of the molecule is CCC(C)=NNC(=O)c1cc(C)[nH]n1. The number of hydrazone groups is 1. The van der Waals surface area contributed by atoms with Crippen LogP contribution in [0.25, 0.3) is 0 Å². The molecule has 0 aromatic carbocycles. The lowest BCUT2D eigenvalue weighted by molar-refractivity contribution is 0.0949. The molecule has 0 aliphatic heterocycles. The second-order valence-electron chi connectivity index (χ2n) is 3.08. The summed E-state index contributed by atoms with van der Waals surface area (Å²) in [5.74, 6) is -0.290. The van der Waals surface area contributed by atoms with Gasteiger partial charge in [0.15, 0.2) is 5.69 Å². The monoisotopic (exact) mass is 194 g/mol. The van der Waals surface area contributed by atoms with Gasteiger partial charge in [0, 0.05) is 11.4 Å². The summed E-state index contributed by atoms with van der Waals surface area (Å²) in [6.45, 7) is 5.67. The molecular formula is C9H14N4O. The second kappa shape index (κ2) is 4.55. The lowest BCUT2D eigenvalue weighted by Gasteiger charge is -1.96. The predicted molar refractivity (Wildman–Crippen MR) is 54.2 cm³/mol. The van der Waals surface area contributed by atoms with Crippen LogP contribution in [0.5, 0.6) is 0 Å². The Balaban J connectivity index is 2.60. The van der Waals surface area contributed by atoms with E-state index in [1.54, 1.807) is 6.07 Å². The Morgan fingerprint density at radius 3 is 2.93 bits per heavy atom. The van der Waals surface area contributed by atoms with Gasteiger partial charge in [0.2, 0.25) is 0 Å². The van der Waals surface area contributed by atoms with Crippen LogP contribution >= 0.6 is 0 Å². The van der Waals surface area contributed by atoms with Gasteiger partial charge in [-0.25, -0.2) is 5.43 Å². The summed E-state index contributed by atoms with van der Waals surface area (Å²) in [6.07, 6.45) is 0.819. The largest absolute Gasteiger partial charge is 0.291 e. The number of hydrogen-bond acceptors (Lipinski definition) is 3. The van der Waals surface area contributed by atoms with Gasteiger partial charge in [0.05, 0.1) is 0 Å². The lowest BCUT2D eigenvalue weighted by atomic mass is 10.3. The highest BCUT2D eigenvalue weighted by molar-refractivity contribution is 5.93. The van der Waals surface area contributed by atoms with Gasteiger partial charge in [-0.3, -0.25) is 9.89 Å². The number of amides is 1. The van der Waals surface area contributed by atoms with Crippen molar-refractivity contribution in [1.82, 2.24) is 15.6 Å². The standard InChI is InChI=1S/C9H14N4O/c1-4-6(2)10-13-9(14)8-5-7(3)11-12-8/h5H,4H2,1-3H3,(H,11,12)(H,13,14). The topological polar surface area (TPSA) is 70.1 Å². The Hall–Kier alpha value is -1.65. The van der Waals surface area contributed by atoms with Crippen LogP contribution in [0, 0.1) is 6.92 Å². The van der Waals surface area contributed by atoms with Crippen molar-refractivity contribution in [3.05, 3.63) is 17.5 Å². The van der Waals surface area contributed by atoms with E-state index in [-0.39, 0.29) is 5.91 Å². The van der Waals surface area contributed by atoms with Crippen LogP contribution in [-0.4, -0.2) is 21.8 Å². The third-order valence-corrected chi connectivity index (χ3v) is 1.80. The molecule has 1 aromatic rings. The van der Waals surface area contributed by atoms with E-state index in [0.717, 1.165) is 17.8 Å². The van der Waals surface area contributed by atoms with Gasteiger partial charge in [-0.1, -0.05) is 6.92 Å². The lowest BCUT2D eigenvalue weighted by Crippen LogP contribution is -2.19. The first-order chi connectivity index (χ1) is 6.63. The molecular weight excluding hydrogens is 180 g/mol. The molecule has 1 rings (SSSR count). The minimum atomic E-state index is -0.290. The van der Waals surface area contributed by atoms with E-state index < -0.39 is 0 Å². The molecule has 1 heterocycles. The van der Waals surface area contributed by atoms with Gasteiger partial charge in [-0.15, -0.1) is 0 Å². The summed E-state index contributed by atoms with van der Waals surface area (Å²) in [4.78, 5) is 11.4. The van der Waals surface area contributed by atoms with Crippen molar-refractivity contribution >= 4 is 11.6 Å². The predicted octanol–water partition coefficient (Wildman–Crippen LogP) is 1.23. The molecule has 0 aliphatic carbocycles. The molecule has 0 aliphatic rings. The number of carbonyl (C=O) groups excluding carboxylic acids is 1. The summed E-state index contributed by atoms with van der Waals surface area (Å²) in [7, 11) is 0. The van der Waals surface area contributed by atoms with Crippen molar-refractivity contribution < 1.29 is 4.79 Å². The quantitative estimate of drug-likeness (QED) is 0.561. The van der Waals surface area contributed by atoms with Gasteiger partial charge in [0.25, 0.3) is 5.91 Å². The second-order valence-corrected chi connectivity index (χ2v) is 3.08. The molecule has 0 radical (unpaired) electrons. The molecule has 1 amide bonds. The average molecular weight is 194 g/mol. The van der Waals surface area contributed by atoms with Gasteiger partial charge in [-0.05, 0) is 26.3 Å². The highest BCUT2D eigenvalue weighted by Crippen LogP contribution is 1.96. The number of hydrogen-bond donors (Lipinski definition) is 2. The summed E-state index contributed by atoms with van der Waals surface area (Å²) >= 11 is 0. The first-order valence-electron chi connectivity index (χ1n) is 4.49. The minimum Gasteiger partial charge on any atom is -0.282 e. The van der Waals surface area contributed by atoms with Crippen LogP contribution in [0.3, 0.4) is 0 Å².